The predicted molar refractivity (Wildman–Crippen MR) is 39.7 cm³/mol. The van der Waals surface area contributed by atoms with Gasteiger partial charge in [0.15, 0.2) is 0 Å². The van der Waals surface area contributed by atoms with Crippen molar-refractivity contribution in [3.63, 3.8) is 0 Å². The summed E-state index contributed by atoms with van der Waals surface area (Å²) in [5, 5.41) is 0. The van der Waals surface area contributed by atoms with E-state index in [1.54, 1.807) is 6.92 Å². The Bertz CT molecular complexity index is 39.7. The van der Waals surface area contributed by atoms with Crippen LogP contribution in [0, 0.1) is 0 Å². The van der Waals surface area contributed by atoms with Crippen molar-refractivity contribution < 1.29 is 14.3 Å². The monoisotopic (exact) mass is 174 g/mol. The molecule has 0 heterocycles. The van der Waals surface area contributed by atoms with E-state index >= 15 is 0 Å². The van der Waals surface area contributed by atoms with Gasteiger partial charge in [0, 0.05) is 0 Å². The van der Waals surface area contributed by atoms with Crippen molar-refractivity contribution in [2.75, 3.05) is 6.61 Å². The lowest BCUT2D eigenvalue weighted by Gasteiger charge is -1.95. The van der Waals surface area contributed by atoms with Gasteiger partial charge < -0.3 is 14.3 Å². The summed E-state index contributed by atoms with van der Waals surface area (Å²) in [7, 11) is -2.10. The lowest BCUT2D eigenvalue weighted by molar-refractivity contribution is 0.269. The van der Waals surface area contributed by atoms with Crippen molar-refractivity contribution >= 4 is 8.60 Å². The molecule has 10 heavy (non-hydrogen) atoms. The van der Waals surface area contributed by atoms with Crippen molar-refractivity contribution in [2.24, 2.45) is 23.4 Å². The quantitative estimate of drug-likeness (QED) is 0.159. The Balaban J connectivity index is -0.000000105. The molecule has 0 bridgehead atoms. The Labute approximate surface area is 60.9 Å². The Morgan fingerprint density at radius 1 is 1.20 bits per heavy atom. The predicted octanol–water partition coefficient (Wildman–Crippen LogP) is -2.13. The lowest BCUT2D eigenvalue weighted by atomic mass is 10.9. The Hall–Kier alpha value is 0.150. The van der Waals surface area contributed by atoms with Gasteiger partial charge in [-0.25, -0.2) is 0 Å². The fourth-order valence-electron chi connectivity index (χ4n) is 0.115. The first kappa shape index (κ1) is 16.6. The van der Waals surface area contributed by atoms with E-state index < -0.39 is 8.60 Å². The highest BCUT2D eigenvalue weighted by Crippen LogP contribution is 2.22. The van der Waals surface area contributed by atoms with Gasteiger partial charge in [-0.1, -0.05) is 0 Å². The van der Waals surface area contributed by atoms with Gasteiger partial charge in [-0.05, 0) is 6.92 Å². The average Bonchev–Trinajstić information content (AvgIpc) is 1.96. The van der Waals surface area contributed by atoms with E-state index in [1.807, 2.05) is 0 Å². The largest absolute Gasteiger partial charge is 0.328 e. The van der Waals surface area contributed by atoms with Crippen LogP contribution in [0.4, 0.5) is 0 Å². The van der Waals surface area contributed by atoms with Gasteiger partial charge in [-0.2, -0.15) is 0 Å². The molecule has 0 spiro atoms. The van der Waals surface area contributed by atoms with E-state index in [0.717, 1.165) is 0 Å². The molecule has 8 heteroatoms. The highest BCUT2D eigenvalue weighted by molar-refractivity contribution is 7.39. The zero-order valence-electron chi connectivity index (χ0n) is 5.77. The number of rotatable bonds is 2. The minimum atomic E-state index is -2.10. The van der Waals surface area contributed by atoms with Gasteiger partial charge >= 0.3 is 8.60 Å². The molecule has 10 N–H and O–H groups in total. The molecule has 0 amide bonds. The summed E-state index contributed by atoms with van der Waals surface area (Å²) in [6.07, 6.45) is 0. The molecule has 0 aliphatic carbocycles. The minimum Gasteiger partial charge on any atom is -0.328 e. The van der Waals surface area contributed by atoms with Crippen molar-refractivity contribution in [3.05, 3.63) is 0 Å². The number of hydrazine groups is 2. The first-order valence-corrected chi connectivity index (χ1v) is 3.41. The van der Waals surface area contributed by atoms with Crippen molar-refractivity contribution in [3.8, 4) is 0 Å². The van der Waals surface area contributed by atoms with E-state index in [4.69, 9.17) is 9.79 Å². The molecule has 0 fully saturated rings. The maximum atomic E-state index is 7.95. The fourth-order valence-corrected chi connectivity index (χ4v) is 0.346. The molecule has 7 nitrogen and oxygen atoms in total. The Morgan fingerprint density at radius 2 is 1.50 bits per heavy atom. The first-order valence-electron chi connectivity index (χ1n) is 2.25. The van der Waals surface area contributed by atoms with Crippen molar-refractivity contribution in [2.45, 2.75) is 6.92 Å². The van der Waals surface area contributed by atoms with Crippen LogP contribution in [0.2, 0.25) is 0 Å². The third-order valence-electron chi connectivity index (χ3n) is 0.245. The molecular weight excluding hydrogens is 159 g/mol. The third-order valence-corrected chi connectivity index (χ3v) is 0.734. The van der Waals surface area contributed by atoms with Crippen LogP contribution >= 0.6 is 8.60 Å². The Morgan fingerprint density at radius 3 is 1.50 bits per heavy atom. The van der Waals surface area contributed by atoms with Crippen LogP contribution in [-0.2, 0) is 4.52 Å². The van der Waals surface area contributed by atoms with Gasteiger partial charge in [-0.3, -0.25) is 23.4 Å². The molecule has 0 aromatic rings. The molecule has 66 valence electrons. The second-order valence-corrected chi connectivity index (χ2v) is 1.43. The maximum Gasteiger partial charge on any atom is 0.327 e. The van der Waals surface area contributed by atoms with Crippen LogP contribution in [0.3, 0.4) is 0 Å². The standard InChI is InChI=1S/C2H7O3P.2H4N2/c1-2-5-6(3)4;2*1-2/h3-4H,2H2,1H3;2*1-2H2. The van der Waals surface area contributed by atoms with Crippen LogP contribution in [0.25, 0.3) is 0 Å². The fraction of sp³-hybridized carbons (Fsp3) is 1.00. The zero-order valence-corrected chi connectivity index (χ0v) is 6.66. The van der Waals surface area contributed by atoms with Crippen LogP contribution in [-0.4, -0.2) is 16.4 Å². The lowest BCUT2D eigenvalue weighted by Crippen LogP contribution is -2.02. The highest BCUT2D eigenvalue weighted by atomic mass is 31.2. The van der Waals surface area contributed by atoms with Crippen LogP contribution in [0.5, 0.6) is 0 Å². The second kappa shape index (κ2) is 22.9. The molecule has 0 saturated carbocycles. The summed E-state index contributed by atoms with van der Waals surface area (Å²) < 4.78 is 4.22. The molecule has 0 aromatic carbocycles. The van der Waals surface area contributed by atoms with Gasteiger partial charge in [0.1, 0.15) is 0 Å². The molecule has 0 atom stereocenters. The first-order chi connectivity index (χ1) is 4.77. The van der Waals surface area contributed by atoms with Gasteiger partial charge in [0.05, 0.1) is 6.61 Å². The van der Waals surface area contributed by atoms with Gasteiger partial charge in [0.25, 0.3) is 0 Å². The maximum absolute atomic E-state index is 7.95. The van der Waals surface area contributed by atoms with E-state index in [1.165, 1.54) is 0 Å². The molecule has 0 aliphatic rings. The molecule has 0 saturated heterocycles. The van der Waals surface area contributed by atoms with Crippen LogP contribution < -0.4 is 23.4 Å². The van der Waals surface area contributed by atoms with Gasteiger partial charge in [0.2, 0.25) is 0 Å². The van der Waals surface area contributed by atoms with E-state index in [2.05, 4.69) is 27.9 Å². The van der Waals surface area contributed by atoms with E-state index in [9.17, 15) is 0 Å². The molecule has 0 aromatic heterocycles. The number of nitrogens with two attached hydrogens (primary N) is 4. The van der Waals surface area contributed by atoms with Crippen molar-refractivity contribution in [1.82, 2.24) is 0 Å². The van der Waals surface area contributed by atoms with Crippen LogP contribution in [0.1, 0.15) is 6.92 Å². The summed E-state index contributed by atoms with van der Waals surface area (Å²) in [6, 6.07) is 0. The van der Waals surface area contributed by atoms with Crippen molar-refractivity contribution in [1.29, 1.82) is 0 Å². The highest BCUT2D eigenvalue weighted by Gasteiger charge is 1.91. The second-order valence-electron chi connectivity index (χ2n) is 0.671. The van der Waals surface area contributed by atoms with E-state index in [0.29, 0.717) is 6.61 Å². The van der Waals surface area contributed by atoms with Crippen LogP contribution in [0.15, 0.2) is 0 Å². The average molecular weight is 174 g/mol. The summed E-state index contributed by atoms with van der Waals surface area (Å²) >= 11 is 0. The SMILES string of the molecule is CCOP(O)O.NN.NN. The number of hydrogen-bond donors (Lipinski definition) is 6. The summed E-state index contributed by atoms with van der Waals surface area (Å²) in [5.74, 6) is 16.0. The minimum absolute atomic E-state index is 0.360. The van der Waals surface area contributed by atoms with Gasteiger partial charge in [-0.15, -0.1) is 0 Å². The molecule has 0 radical (unpaired) electrons. The Kier molecular flexibility index (Phi) is 38.1. The molecule has 0 aliphatic heterocycles. The number of hydrogen-bond acceptors (Lipinski definition) is 7. The summed E-state index contributed by atoms with van der Waals surface area (Å²) in [6.45, 7) is 2.06. The smallest absolute Gasteiger partial charge is 0.327 e. The molecule has 0 rings (SSSR count). The molecule has 0 unspecified atom stereocenters. The zero-order chi connectivity index (χ0) is 8.99. The topological polar surface area (TPSA) is 154 Å². The normalized spacial score (nSPS) is 7.20. The molecular formula is C2H15N4O3P. The third kappa shape index (κ3) is 42.0. The van der Waals surface area contributed by atoms with E-state index in [-0.39, 0.29) is 0 Å². The summed E-state index contributed by atoms with van der Waals surface area (Å²) in [5.41, 5.74) is 0. The summed E-state index contributed by atoms with van der Waals surface area (Å²) in [4.78, 5) is 15.9.